The van der Waals surface area contributed by atoms with Gasteiger partial charge in [-0.15, -0.1) is 0 Å². The number of nitrogens with one attached hydrogen (secondary N) is 2. The summed E-state index contributed by atoms with van der Waals surface area (Å²) in [5, 5.41) is 5.64. The van der Waals surface area contributed by atoms with Crippen molar-refractivity contribution in [3.8, 4) is 17.2 Å². The summed E-state index contributed by atoms with van der Waals surface area (Å²) in [7, 11) is 0.778. The normalized spacial score (nSPS) is 13.7. The number of para-hydroxylation sites is 1. The van der Waals surface area contributed by atoms with Gasteiger partial charge in [-0.25, -0.2) is 8.42 Å². The van der Waals surface area contributed by atoms with Crippen LogP contribution in [0.15, 0.2) is 65.6 Å². The van der Waals surface area contributed by atoms with Crippen molar-refractivity contribution in [1.82, 2.24) is 9.62 Å². The highest BCUT2D eigenvalue weighted by atomic mass is 32.2. The van der Waals surface area contributed by atoms with Gasteiger partial charge >= 0.3 is 0 Å². The molecule has 4 rings (SSSR count). The highest BCUT2D eigenvalue weighted by Gasteiger charge is 2.28. The van der Waals surface area contributed by atoms with Crippen LogP contribution in [0, 0.1) is 0 Å². The lowest BCUT2D eigenvalue weighted by atomic mass is 10.1. The van der Waals surface area contributed by atoms with E-state index < -0.39 is 15.9 Å². The lowest BCUT2D eigenvalue weighted by Gasteiger charge is -2.26. The van der Waals surface area contributed by atoms with Gasteiger partial charge in [0.2, 0.25) is 10.0 Å². The average Bonchev–Trinajstić information content (AvgIpc) is 3.01. The van der Waals surface area contributed by atoms with Crippen LogP contribution in [-0.4, -0.2) is 65.5 Å². The van der Waals surface area contributed by atoms with Gasteiger partial charge < -0.3 is 24.8 Å². The molecule has 1 aliphatic heterocycles. The van der Waals surface area contributed by atoms with Gasteiger partial charge in [0.15, 0.2) is 11.5 Å². The van der Waals surface area contributed by atoms with E-state index in [4.69, 9.17) is 14.2 Å². The van der Waals surface area contributed by atoms with Crippen LogP contribution in [0.3, 0.4) is 0 Å². The van der Waals surface area contributed by atoms with Crippen molar-refractivity contribution in [2.24, 2.45) is 0 Å². The number of anilines is 1. The summed E-state index contributed by atoms with van der Waals surface area (Å²) in [5.41, 5.74) is 1.56. The second kappa shape index (κ2) is 13.5. The lowest BCUT2D eigenvalue weighted by Crippen LogP contribution is -2.35. The van der Waals surface area contributed by atoms with Crippen LogP contribution < -0.4 is 24.8 Å². The molecule has 0 aliphatic carbocycles. The number of amides is 2. The van der Waals surface area contributed by atoms with E-state index in [-0.39, 0.29) is 33.4 Å². The number of nitrogens with zero attached hydrogens (tertiary/aromatic N) is 1. The van der Waals surface area contributed by atoms with E-state index in [1.165, 1.54) is 29.6 Å². The molecule has 0 bridgehead atoms. The van der Waals surface area contributed by atoms with E-state index in [0.717, 1.165) is 24.8 Å². The Morgan fingerprint density at radius 2 is 1.46 bits per heavy atom. The fraction of sp³-hybridized carbons (Fsp3) is 0.333. The quantitative estimate of drug-likeness (QED) is 0.349. The molecule has 0 spiro atoms. The first-order chi connectivity index (χ1) is 19.8. The van der Waals surface area contributed by atoms with Crippen LogP contribution in [0.1, 0.15) is 45.5 Å². The average molecular weight is 582 g/mol. The van der Waals surface area contributed by atoms with E-state index in [2.05, 4.69) is 10.6 Å². The Balaban J connectivity index is 1.48. The summed E-state index contributed by atoms with van der Waals surface area (Å²) in [6.45, 7) is 1.25. The Morgan fingerprint density at radius 1 is 0.780 bits per heavy atom. The summed E-state index contributed by atoms with van der Waals surface area (Å²) in [4.78, 5) is 26.5. The zero-order valence-electron chi connectivity index (χ0n) is 23.4. The molecule has 1 heterocycles. The summed E-state index contributed by atoms with van der Waals surface area (Å²) >= 11 is 0. The Kier molecular flexibility index (Phi) is 9.85. The number of hydrogen-bond acceptors (Lipinski definition) is 7. The SMILES string of the molecule is COc1ccc(CCNC(=O)c2ccccc2NC(=O)c2cc(S(=O)(=O)N3CCCCC3)ccc2OC)cc1OC. The third-order valence-electron chi connectivity index (χ3n) is 6.94. The summed E-state index contributed by atoms with van der Waals surface area (Å²) < 4.78 is 43.8. The van der Waals surface area contributed by atoms with Gasteiger partial charge in [-0.1, -0.05) is 24.6 Å². The maximum absolute atomic E-state index is 13.4. The smallest absolute Gasteiger partial charge is 0.259 e. The molecule has 41 heavy (non-hydrogen) atoms. The molecular formula is C30H35N3O7S. The molecule has 10 nitrogen and oxygen atoms in total. The molecule has 3 aromatic carbocycles. The fourth-order valence-electron chi connectivity index (χ4n) is 4.71. The number of piperidine rings is 1. The molecule has 1 saturated heterocycles. The zero-order valence-corrected chi connectivity index (χ0v) is 24.3. The van der Waals surface area contributed by atoms with E-state index in [1.54, 1.807) is 38.5 Å². The number of hydrogen-bond donors (Lipinski definition) is 2. The monoisotopic (exact) mass is 581 g/mol. The third kappa shape index (κ3) is 6.98. The minimum absolute atomic E-state index is 0.0199. The van der Waals surface area contributed by atoms with Crippen LogP contribution in [-0.2, 0) is 16.4 Å². The molecule has 0 atom stereocenters. The maximum Gasteiger partial charge on any atom is 0.259 e. The predicted octanol–water partition coefficient (Wildman–Crippen LogP) is 4.11. The first-order valence-electron chi connectivity index (χ1n) is 13.4. The molecule has 1 aliphatic rings. The van der Waals surface area contributed by atoms with Crippen LogP contribution in [0.5, 0.6) is 17.2 Å². The number of carbonyl (C=O) groups is 2. The van der Waals surface area contributed by atoms with Crippen LogP contribution in [0.25, 0.3) is 0 Å². The van der Waals surface area contributed by atoms with Crippen LogP contribution >= 0.6 is 0 Å². The predicted molar refractivity (Wildman–Crippen MR) is 156 cm³/mol. The van der Waals surface area contributed by atoms with Gasteiger partial charge in [-0.2, -0.15) is 4.31 Å². The van der Waals surface area contributed by atoms with E-state index in [1.807, 2.05) is 18.2 Å². The molecule has 218 valence electrons. The molecule has 1 fully saturated rings. The van der Waals surface area contributed by atoms with Crippen molar-refractivity contribution in [1.29, 1.82) is 0 Å². The van der Waals surface area contributed by atoms with Crippen molar-refractivity contribution in [2.75, 3.05) is 46.3 Å². The zero-order chi connectivity index (χ0) is 29.4. The molecule has 0 saturated carbocycles. The number of ether oxygens (including phenoxy) is 3. The van der Waals surface area contributed by atoms with Gasteiger partial charge in [0.05, 0.1) is 43.0 Å². The number of benzene rings is 3. The second-order valence-corrected chi connectivity index (χ2v) is 11.5. The van der Waals surface area contributed by atoms with Crippen LogP contribution in [0.4, 0.5) is 5.69 Å². The molecular weight excluding hydrogens is 546 g/mol. The topological polar surface area (TPSA) is 123 Å². The standard InChI is InChI=1S/C30H35N3O7S/c1-38-26-14-12-22(41(36,37)33-17-7-4-8-18-33)20-24(26)30(35)32-25-10-6-5-9-23(25)29(34)31-16-15-21-11-13-27(39-2)28(19-21)40-3/h5-6,9-14,19-20H,4,7-8,15-18H2,1-3H3,(H,31,34)(H,32,35). The van der Waals surface area contributed by atoms with Crippen molar-refractivity contribution in [2.45, 2.75) is 30.6 Å². The maximum atomic E-state index is 13.4. The molecule has 2 N–H and O–H groups in total. The Morgan fingerprint density at radius 3 is 2.17 bits per heavy atom. The van der Waals surface area contributed by atoms with E-state index >= 15 is 0 Å². The highest BCUT2D eigenvalue weighted by Crippen LogP contribution is 2.29. The molecule has 0 aromatic heterocycles. The van der Waals surface area contributed by atoms with Crippen molar-refractivity contribution in [3.05, 3.63) is 77.4 Å². The van der Waals surface area contributed by atoms with Crippen molar-refractivity contribution < 1.29 is 32.2 Å². The first-order valence-corrected chi connectivity index (χ1v) is 14.8. The third-order valence-corrected chi connectivity index (χ3v) is 8.83. The highest BCUT2D eigenvalue weighted by molar-refractivity contribution is 7.89. The Bertz CT molecular complexity index is 1500. The summed E-state index contributed by atoms with van der Waals surface area (Å²) in [6.07, 6.45) is 3.15. The van der Waals surface area contributed by atoms with Crippen molar-refractivity contribution in [3.63, 3.8) is 0 Å². The van der Waals surface area contributed by atoms with E-state index in [0.29, 0.717) is 37.6 Å². The van der Waals surface area contributed by atoms with Crippen molar-refractivity contribution >= 4 is 27.5 Å². The summed E-state index contributed by atoms with van der Waals surface area (Å²) in [5.74, 6) is 0.485. The minimum atomic E-state index is -3.76. The van der Waals surface area contributed by atoms with Gasteiger partial charge in [-0.3, -0.25) is 9.59 Å². The first kappa shape index (κ1) is 29.9. The Labute approximate surface area is 240 Å². The molecule has 0 unspecified atom stereocenters. The largest absolute Gasteiger partial charge is 0.496 e. The minimum Gasteiger partial charge on any atom is -0.496 e. The number of sulfonamides is 1. The molecule has 0 radical (unpaired) electrons. The summed E-state index contributed by atoms with van der Waals surface area (Å²) in [6, 6.07) is 16.4. The fourth-order valence-corrected chi connectivity index (χ4v) is 6.25. The van der Waals surface area contributed by atoms with Gasteiger partial charge in [0, 0.05) is 19.6 Å². The van der Waals surface area contributed by atoms with Gasteiger partial charge in [0.25, 0.3) is 11.8 Å². The molecule has 2 amide bonds. The molecule has 11 heteroatoms. The van der Waals surface area contributed by atoms with Gasteiger partial charge in [-0.05, 0) is 67.3 Å². The molecule has 3 aromatic rings. The number of carbonyl (C=O) groups excluding carboxylic acids is 2. The number of rotatable bonds is 11. The lowest BCUT2D eigenvalue weighted by molar-refractivity contribution is 0.0955. The number of methoxy groups -OCH3 is 3. The van der Waals surface area contributed by atoms with E-state index in [9.17, 15) is 18.0 Å². The Hall–Kier alpha value is -4.09. The van der Waals surface area contributed by atoms with Crippen LogP contribution in [0.2, 0.25) is 0 Å². The van der Waals surface area contributed by atoms with Gasteiger partial charge in [0.1, 0.15) is 5.75 Å². The second-order valence-electron chi connectivity index (χ2n) is 9.52.